The average molecular weight is 305 g/mol. The quantitative estimate of drug-likeness (QED) is 0.850. The summed E-state index contributed by atoms with van der Waals surface area (Å²) in [6.45, 7) is 2.00. The molecule has 2 aromatic rings. The third kappa shape index (κ3) is 3.17. The molecular weight excluding hydrogens is 286 g/mol. The first-order chi connectivity index (χ1) is 9.85. The lowest BCUT2D eigenvalue weighted by atomic mass is 10.2. The molecule has 0 amide bonds. The van der Waals surface area contributed by atoms with Gasteiger partial charge in [0.25, 0.3) is 0 Å². The van der Waals surface area contributed by atoms with Crippen molar-refractivity contribution in [3.05, 3.63) is 48.0 Å². The van der Waals surface area contributed by atoms with Crippen molar-refractivity contribution in [3.8, 4) is 0 Å². The summed E-state index contributed by atoms with van der Waals surface area (Å²) in [4.78, 5) is 2.06. The Hall–Kier alpha value is -2.05. The van der Waals surface area contributed by atoms with Gasteiger partial charge in [0.1, 0.15) is 0 Å². The van der Waals surface area contributed by atoms with Crippen LogP contribution in [0, 0.1) is 6.92 Å². The van der Waals surface area contributed by atoms with E-state index >= 15 is 0 Å². The second kappa shape index (κ2) is 5.75. The minimum atomic E-state index is -3.49. The fourth-order valence-corrected chi connectivity index (χ4v) is 2.82. The van der Waals surface area contributed by atoms with Gasteiger partial charge in [-0.05, 0) is 49.9 Å². The smallest absolute Gasteiger partial charge is 0.240 e. The molecule has 0 aliphatic heterocycles. The van der Waals surface area contributed by atoms with Gasteiger partial charge in [0, 0.05) is 12.7 Å². The molecule has 0 saturated heterocycles. The van der Waals surface area contributed by atoms with E-state index in [-0.39, 0.29) is 4.90 Å². The Bertz CT molecular complexity index is 757. The summed E-state index contributed by atoms with van der Waals surface area (Å²) in [5.74, 6) is 0. The van der Waals surface area contributed by atoms with Crippen LogP contribution in [0.25, 0.3) is 0 Å². The Kier molecular flexibility index (Phi) is 4.20. The lowest BCUT2D eigenvalue weighted by Gasteiger charge is -2.22. The molecule has 2 rings (SSSR count). The van der Waals surface area contributed by atoms with Crippen molar-refractivity contribution >= 4 is 27.1 Å². The average Bonchev–Trinajstić information content (AvgIpc) is 2.47. The predicted molar refractivity (Wildman–Crippen MR) is 86.3 cm³/mol. The lowest BCUT2D eigenvalue weighted by Crippen LogP contribution is -2.19. The molecule has 0 aliphatic carbocycles. The van der Waals surface area contributed by atoms with Gasteiger partial charge >= 0.3 is 0 Å². The van der Waals surface area contributed by atoms with Gasteiger partial charge in [-0.15, -0.1) is 0 Å². The number of nitrogen functional groups attached to an aromatic ring is 1. The van der Waals surface area contributed by atoms with E-state index in [0.29, 0.717) is 11.4 Å². The highest BCUT2D eigenvalue weighted by molar-refractivity contribution is 7.89. The number of sulfonamides is 1. The molecule has 0 bridgehead atoms. The lowest BCUT2D eigenvalue weighted by molar-refractivity contribution is 0.588. The molecule has 5 nitrogen and oxygen atoms in total. The number of aryl methyl sites for hydroxylation is 1. The Morgan fingerprint density at radius 3 is 2.48 bits per heavy atom. The second-order valence-corrected chi connectivity index (χ2v) is 6.71. The minimum absolute atomic E-state index is 0.189. The van der Waals surface area contributed by atoms with Crippen LogP contribution in [0.1, 0.15) is 5.56 Å². The molecule has 2 aromatic carbocycles. The van der Waals surface area contributed by atoms with Crippen molar-refractivity contribution in [1.82, 2.24) is 4.72 Å². The van der Waals surface area contributed by atoms with Crippen molar-refractivity contribution in [2.45, 2.75) is 11.8 Å². The second-order valence-electron chi connectivity index (χ2n) is 4.83. The van der Waals surface area contributed by atoms with Crippen LogP contribution in [0.15, 0.2) is 47.4 Å². The zero-order chi connectivity index (χ0) is 15.6. The number of nitrogens with two attached hydrogens (primary N) is 1. The third-order valence-corrected chi connectivity index (χ3v) is 4.74. The number of hydrogen-bond acceptors (Lipinski definition) is 4. The van der Waals surface area contributed by atoms with Crippen LogP contribution in [0.4, 0.5) is 17.1 Å². The van der Waals surface area contributed by atoms with Gasteiger partial charge in [-0.2, -0.15) is 0 Å². The highest BCUT2D eigenvalue weighted by Gasteiger charge is 2.15. The Balaban J connectivity index is 2.51. The largest absolute Gasteiger partial charge is 0.397 e. The van der Waals surface area contributed by atoms with Gasteiger partial charge in [-0.25, -0.2) is 13.1 Å². The molecule has 0 unspecified atom stereocenters. The van der Waals surface area contributed by atoms with Crippen molar-refractivity contribution < 1.29 is 8.42 Å². The van der Waals surface area contributed by atoms with Crippen molar-refractivity contribution in [2.75, 3.05) is 24.7 Å². The van der Waals surface area contributed by atoms with Gasteiger partial charge in [0.15, 0.2) is 0 Å². The van der Waals surface area contributed by atoms with E-state index in [1.165, 1.54) is 13.1 Å². The molecular formula is C15H19N3O2S. The van der Waals surface area contributed by atoms with Crippen molar-refractivity contribution in [3.63, 3.8) is 0 Å². The summed E-state index contributed by atoms with van der Waals surface area (Å²) < 4.78 is 26.1. The number of anilines is 3. The van der Waals surface area contributed by atoms with E-state index in [2.05, 4.69) is 4.72 Å². The van der Waals surface area contributed by atoms with Gasteiger partial charge < -0.3 is 10.6 Å². The topological polar surface area (TPSA) is 75.4 Å². The maximum atomic E-state index is 11.9. The molecule has 0 aromatic heterocycles. The molecule has 0 heterocycles. The Morgan fingerprint density at radius 1 is 1.14 bits per heavy atom. The van der Waals surface area contributed by atoms with Crippen LogP contribution in [0.2, 0.25) is 0 Å². The van der Waals surface area contributed by atoms with Crippen LogP contribution in [-0.4, -0.2) is 22.5 Å². The third-order valence-electron chi connectivity index (χ3n) is 3.33. The molecule has 0 spiro atoms. The summed E-state index contributed by atoms with van der Waals surface area (Å²) >= 11 is 0. The predicted octanol–water partition coefficient (Wildman–Crippen LogP) is 2.25. The van der Waals surface area contributed by atoms with Gasteiger partial charge in [-0.1, -0.05) is 12.1 Å². The number of nitrogens with zero attached hydrogens (tertiary/aromatic N) is 1. The van der Waals surface area contributed by atoms with Crippen LogP contribution < -0.4 is 15.4 Å². The molecule has 0 fully saturated rings. The number of hydrogen-bond donors (Lipinski definition) is 2. The highest BCUT2D eigenvalue weighted by atomic mass is 32.2. The fraction of sp³-hybridized carbons (Fsp3) is 0.200. The standard InChI is InChI=1S/C15H19N3O2S/c1-11-5-4-6-12(9-11)18(3)15-10-13(7-8-14(15)16)21(19,20)17-2/h4-10,17H,16H2,1-3H3. The zero-order valence-electron chi connectivity index (χ0n) is 12.3. The van der Waals surface area contributed by atoms with Gasteiger partial charge in [0.05, 0.1) is 16.3 Å². The van der Waals surface area contributed by atoms with E-state index in [1.807, 2.05) is 43.1 Å². The highest BCUT2D eigenvalue weighted by Crippen LogP contribution is 2.31. The summed E-state index contributed by atoms with van der Waals surface area (Å²) in [6, 6.07) is 12.6. The molecule has 0 saturated carbocycles. The normalized spacial score (nSPS) is 11.4. The van der Waals surface area contributed by atoms with Crippen molar-refractivity contribution in [1.29, 1.82) is 0 Å². The summed E-state index contributed by atoms with van der Waals surface area (Å²) in [5.41, 5.74) is 9.23. The molecule has 3 N–H and O–H groups in total. The van der Waals surface area contributed by atoms with Crippen molar-refractivity contribution in [2.24, 2.45) is 0 Å². The first-order valence-electron chi connectivity index (χ1n) is 6.48. The van der Waals surface area contributed by atoms with E-state index in [9.17, 15) is 8.42 Å². The Morgan fingerprint density at radius 2 is 1.86 bits per heavy atom. The minimum Gasteiger partial charge on any atom is -0.397 e. The molecule has 0 aliphatic rings. The first kappa shape index (κ1) is 15.3. The fourth-order valence-electron chi connectivity index (χ4n) is 2.07. The molecule has 6 heteroatoms. The molecule has 21 heavy (non-hydrogen) atoms. The van der Waals surface area contributed by atoms with E-state index < -0.39 is 10.0 Å². The van der Waals surface area contributed by atoms with Crippen LogP contribution in [0.5, 0.6) is 0 Å². The molecule has 112 valence electrons. The van der Waals surface area contributed by atoms with E-state index in [4.69, 9.17) is 5.73 Å². The zero-order valence-corrected chi connectivity index (χ0v) is 13.1. The maximum absolute atomic E-state index is 11.9. The monoisotopic (exact) mass is 305 g/mol. The van der Waals surface area contributed by atoms with E-state index in [1.54, 1.807) is 12.1 Å². The molecule has 0 atom stereocenters. The molecule has 0 radical (unpaired) electrons. The number of rotatable bonds is 4. The first-order valence-corrected chi connectivity index (χ1v) is 7.97. The van der Waals surface area contributed by atoms with Gasteiger partial charge in [0.2, 0.25) is 10.0 Å². The number of benzene rings is 2. The number of nitrogens with one attached hydrogen (secondary N) is 1. The van der Waals surface area contributed by atoms with Crippen LogP contribution in [-0.2, 0) is 10.0 Å². The Labute approximate surface area is 125 Å². The van der Waals surface area contributed by atoms with E-state index in [0.717, 1.165) is 11.3 Å². The maximum Gasteiger partial charge on any atom is 0.240 e. The van der Waals surface area contributed by atoms with Crippen LogP contribution in [0.3, 0.4) is 0 Å². The van der Waals surface area contributed by atoms with Crippen LogP contribution >= 0.6 is 0 Å². The SMILES string of the molecule is CNS(=O)(=O)c1ccc(N)c(N(C)c2cccc(C)c2)c1. The summed E-state index contributed by atoms with van der Waals surface area (Å²) in [6.07, 6.45) is 0. The summed E-state index contributed by atoms with van der Waals surface area (Å²) in [5, 5.41) is 0. The summed E-state index contributed by atoms with van der Waals surface area (Å²) in [7, 11) is -0.252. The van der Waals surface area contributed by atoms with Gasteiger partial charge in [-0.3, -0.25) is 0 Å².